The van der Waals surface area contributed by atoms with Crippen molar-refractivity contribution in [3.05, 3.63) is 47.8 Å². The molecular formula is C21H25FN4. The standard InChI is InChI=1S/C21H25FN4/c1-15-3-6-19-18(13-15)21(17-5-4-16(22)14-20(17)24-19)23-7-8-26-11-9-25(2)10-12-26/h3-6,13-14H,7-12H2,1-2H3,(H,23,24). The summed E-state index contributed by atoms with van der Waals surface area (Å²) in [5, 5.41) is 5.69. The van der Waals surface area contributed by atoms with Crippen molar-refractivity contribution in [3.8, 4) is 0 Å². The fourth-order valence-corrected chi connectivity index (χ4v) is 3.63. The van der Waals surface area contributed by atoms with Gasteiger partial charge in [-0.05, 0) is 38.2 Å². The van der Waals surface area contributed by atoms with Crippen molar-refractivity contribution in [3.63, 3.8) is 0 Å². The van der Waals surface area contributed by atoms with E-state index in [0.717, 1.165) is 61.2 Å². The molecule has 0 unspecified atom stereocenters. The molecule has 136 valence electrons. The van der Waals surface area contributed by atoms with Gasteiger partial charge in [-0.15, -0.1) is 0 Å². The third kappa shape index (κ3) is 3.50. The summed E-state index contributed by atoms with van der Waals surface area (Å²) in [6.07, 6.45) is 0. The van der Waals surface area contributed by atoms with Gasteiger partial charge in [0.2, 0.25) is 0 Å². The Hall–Kier alpha value is -2.24. The van der Waals surface area contributed by atoms with Crippen LogP contribution < -0.4 is 5.32 Å². The Morgan fingerprint density at radius 3 is 2.62 bits per heavy atom. The second kappa shape index (κ2) is 7.17. The Morgan fingerprint density at radius 1 is 1.00 bits per heavy atom. The van der Waals surface area contributed by atoms with Crippen molar-refractivity contribution >= 4 is 27.5 Å². The van der Waals surface area contributed by atoms with Crippen LogP contribution in [0.3, 0.4) is 0 Å². The average molecular weight is 352 g/mol. The van der Waals surface area contributed by atoms with Gasteiger partial charge in [0.1, 0.15) is 5.82 Å². The van der Waals surface area contributed by atoms with E-state index >= 15 is 0 Å². The number of anilines is 1. The average Bonchev–Trinajstić information content (AvgIpc) is 2.63. The van der Waals surface area contributed by atoms with Gasteiger partial charge >= 0.3 is 0 Å². The predicted octanol–water partition coefficient (Wildman–Crippen LogP) is 3.49. The summed E-state index contributed by atoms with van der Waals surface area (Å²) in [5.41, 5.74) is 3.85. The minimum absolute atomic E-state index is 0.250. The van der Waals surface area contributed by atoms with Crippen LogP contribution in [0.1, 0.15) is 5.56 Å². The molecule has 1 aromatic heterocycles. The third-order valence-corrected chi connectivity index (χ3v) is 5.22. The summed E-state index contributed by atoms with van der Waals surface area (Å²) in [4.78, 5) is 9.51. The number of hydrogen-bond acceptors (Lipinski definition) is 4. The van der Waals surface area contributed by atoms with Gasteiger partial charge in [0.05, 0.1) is 16.7 Å². The van der Waals surface area contributed by atoms with Crippen LogP contribution in [0.2, 0.25) is 0 Å². The second-order valence-corrected chi connectivity index (χ2v) is 7.24. The lowest BCUT2D eigenvalue weighted by atomic mass is 10.1. The Kier molecular flexibility index (Phi) is 4.74. The summed E-state index contributed by atoms with van der Waals surface area (Å²) in [6.45, 7) is 8.43. The minimum Gasteiger partial charge on any atom is -0.383 e. The minimum atomic E-state index is -0.250. The first-order valence-electron chi connectivity index (χ1n) is 9.24. The van der Waals surface area contributed by atoms with Crippen molar-refractivity contribution in [2.24, 2.45) is 0 Å². The Labute approximate surface area is 153 Å². The molecule has 1 fully saturated rings. The van der Waals surface area contributed by atoms with Crippen LogP contribution in [-0.2, 0) is 0 Å². The monoisotopic (exact) mass is 352 g/mol. The lowest BCUT2D eigenvalue weighted by Crippen LogP contribution is -2.45. The van der Waals surface area contributed by atoms with E-state index in [1.807, 2.05) is 12.1 Å². The number of benzene rings is 2. The maximum Gasteiger partial charge on any atom is 0.125 e. The highest BCUT2D eigenvalue weighted by molar-refractivity contribution is 6.07. The van der Waals surface area contributed by atoms with Crippen molar-refractivity contribution in [1.29, 1.82) is 0 Å². The number of halogens is 1. The molecule has 1 aliphatic rings. The van der Waals surface area contributed by atoms with Gasteiger partial charge in [-0.3, -0.25) is 4.90 Å². The second-order valence-electron chi connectivity index (χ2n) is 7.24. The van der Waals surface area contributed by atoms with Gasteiger partial charge in [0.25, 0.3) is 0 Å². The van der Waals surface area contributed by atoms with Gasteiger partial charge < -0.3 is 10.2 Å². The van der Waals surface area contributed by atoms with Crippen LogP contribution in [-0.4, -0.2) is 61.1 Å². The molecule has 26 heavy (non-hydrogen) atoms. The van der Waals surface area contributed by atoms with Crippen molar-refractivity contribution in [2.75, 3.05) is 51.6 Å². The molecule has 5 heteroatoms. The zero-order valence-electron chi connectivity index (χ0n) is 15.4. The van der Waals surface area contributed by atoms with Crippen LogP contribution in [0.5, 0.6) is 0 Å². The third-order valence-electron chi connectivity index (χ3n) is 5.22. The van der Waals surface area contributed by atoms with E-state index < -0.39 is 0 Å². The van der Waals surface area contributed by atoms with E-state index in [1.54, 1.807) is 0 Å². The number of pyridine rings is 1. The normalized spacial score (nSPS) is 16.4. The van der Waals surface area contributed by atoms with Gasteiger partial charge in [-0.25, -0.2) is 9.37 Å². The number of piperazine rings is 1. The summed E-state index contributed by atoms with van der Waals surface area (Å²) in [5.74, 6) is -0.250. The number of aromatic nitrogens is 1. The molecule has 1 N–H and O–H groups in total. The zero-order valence-corrected chi connectivity index (χ0v) is 15.4. The number of nitrogens with one attached hydrogen (secondary N) is 1. The first-order valence-corrected chi connectivity index (χ1v) is 9.24. The van der Waals surface area contributed by atoms with Crippen molar-refractivity contribution < 1.29 is 4.39 Å². The molecule has 0 bridgehead atoms. The molecule has 0 atom stereocenters. The topological polar surface area (TPSA) is 31.4 Å². The van der Waals surface area contributed by atoms with Crippen molar-refractivity contribution in [2.45, 2.75) is 6.92 Å². The first-order chi connectivity index (χ1) is 12.6. The maximum absolute atomic E-state index is 13.7. The molecular weight excluding hydrogens is 327 g/mol. The largest absolute Gasteiger partial charge is 0.383 e. The van der Waals surface area contributed by atoms with Crippen LogP contribution >= 0.6 is 0 Å². The molecule has 0 spiro atoms. The van der Waals surface area contributed by atoms with Gasteiger partial charge in [0, 0.05) is 56.1 Å². The summed E-state index contributed by atoms with van der Waals surface area (Å²) in [6, 6.07) is 11.1. The highest BCUT2D eigenvalue weighted by Crippen LogP contribution is 2.31. The Morgan fingerprint density at radius 2 is 1.81 bits per heavy atom. The van der Waals surface area contributed by atoms with Crippen LogP contribution in [0.25, 0.3) is 21.8 Å². The molecule has 3 aromatic rings. The number of hydrogen-bond donors (Lipinski definition) is 1. The summed E-state index contributed by atoms with van der Waals surface area (Å²) in [7, 11) is 2.17. The van der Waals surface area contributed by atoms with Gasteiger partial charge in [0.15, 0.2) is 0 Å². The molecule has 0 radical (unpaired) electrons. The highest BCUT2D eigenvalue weighted by atomic mass is 19.1. The Bertz CT molecular complexity index is 932. The van der Waals surface area contributed by atoms with Gasteiger partial charge in [-0.1, -0.05) is 11.6 Å². The first kappa shape index (κ1) is 17.2. The fourth-order valence-electron chi connectivity index (χ4n) is 3.63. The summed E-state index contributed by atoms with van der Waals surface area (Å²) < 4.78 is 13.7. The Balaban J connectivity index is 1.63. The molecule has 0 aliphatic carbocycles. The van der Waals surface area contributed by atoms with E-state index in [-0.39, 0.29) is 5.82 Å². The molecule has 4 nitrogen and oxygen atoms in total. The smallest absolute Gasteiger partial charge is 0.125 e. The van der Waals surface area contributed by atoms with E-state index in [0.29, 0.717) is 5.52 Å². The fraction of sp³-hybridized carbons (Fsp3) is 0.381. The zero-order chi connectivity index (χ0) is 18.1. The lowest BCUT2D eigenvalue weighted by molar-refractivity contribution is 0.158. The molecule has 2 aromatic carbocycles. The molecule has 1 aliphatic heterocycles. The molecule has 4 rings (SSSR count). The predicted molar refractivity (Wildman–Crippen MR) is 106 cm³/mol. The number of rotatable bonds is 4. The van der Waals surface area contributed by atoms with Gasteiger partial charge in [-0.2, -0.15) is 0 Å². The molecule has 2 heterocycles. The van der Waals surface area contributed by atoms with Crippen LogP contribution in [0, 0.1) is 12.7 Å². The van der Waals surface area contributed by atoms with E-state index in [2.05, 4.69) is 46.2 Å². The number of likely N-dealkylation sites (N-methyl/N-ethyl adjacent to an activating group) is 1. The number of aryl methyl sites for hydroxylation is 1. The lowest BCUT2D eigenvalue weighted by Gasteiger charge is -2.32. The highest BCUT2D eigenvalue weighted by Gasteiger charge is 2.14. The SMILES string of the molecule is Cc1ccc2nc3cc(F)ccc3c(NCCN3CCN(C)CC3)c2c1. The molecule has 1 saturated heterocycles. The number of nitrogens with zero attached hydrogens (tertiary/aromatic N) is 3. The molecule has 0 amide bonds. The quantitative estimate of drug-likeness (QED) is 0.729. The molecule has 0 saturated carbocycles. The van der Waals surface area contributed by atoms with Crippen molar-refractivity contribution in [1.82, 2.24) is 14.8 Å². The number of fused-ring (bicyclic) bond motifs is 2. The van der Waals surface area contributed by atoms with Crippen LogP contribution in [0.15, 0.2) is 36.4 Å². The summed E-state index contributed by atoms with van der Waals surface area (Å²) >= 11 is 0. The maximum atomic E-state index is 13.7. The van der Waals surface area contributed by atoms with Crippen LogP contribution in [0.4, 0.5) is 10.1 Å². The van der Waals surface area contributed by atoms with E-state index in [9.17, 15) is 4.39 Å². The van der Waals surface area contributed by atoms with E-state index in [4.69, 9.17) is 0 Å². The van der Waals surface area contributed by atoms with E-state index in [1.165, 1.54) is 17.7 Å².